The van der Waals surface area contributed by atoms with Crippen molar-refractivity contribution in [1.29, 1.82) is 0 Å². The van der Waals surface area contributed by atoms with Crippen molar-refractivity contribution >= 4 is 17.5 Å². The van der Waals surface area contributed by atoms with Crippen LogP contribution in [-0.4, -0.2) is 31.1 Å². The minimum absolute atomic E-state index is 0.812. The van der Waals surface area contributed by atoms with Crippen molar-refractivity contribution < 1.29 is 32.6 Å². The van der Waals surface area contributed by atoms with Crippen molar-refractivity contribution in [3.05, 3.63) is 28.8 Å². The number of aromatic hydroxyl groups is 2. The summed E-state index contributed by atoms with van der Waals surface area (Å²) in [6.45, 7) is 0. The van der Waals surface area contributed by atoms with E-state index in [1.807, 2.05) is 0 Å². The molecule has 0 aliphatic heterocycles. The number of anilines is 2. The zero-order valence-corrected chi connectivity index (χ0v) is 10.2. The summed E-state index contributed by atoms with van der Waals surface area (Å²) in [6, 6.07) is -2.05. The Kier molecular flexibility index (Phi) is 3.67. The minimum Gasteiger partial charge on any atom is -0.479 e. The van der Waals surface area contributed by atoms with Crippen LogP contribution in [0.1, 0.15) is 10.4 Å². The van der Waals surface area contributed by atoms with Crippen molar-refractivity contribution in [3.8, 4) is 12.0 Å². The Bertz CT molecular complexity index is 736. The highest BCUT2D eigenvalue weighted by molar-refractivity contribution is 5.94. The van der Waals surface area contributed by atoms with Crippen LogP contribution in [0.4, 0.5) is 29.2 Å². The first kappa shape index (κ1) is 15.2. The van der Waals surface area contributed by atoms with Crippen LogP contribution in [0.15, 0.2) is 0 Å². The molecule has 0 saturated heterocycles. The van der Waals surface area contributed by atoms with Gasteiger partial charge in [-0.15, -0.1) is 4.98 Å². The van der Waals surface area contributed by atoms with Crippen LogP contribution in [-0.2, 0) is 0 Å². The molecule has 5 N–H and O–H groups in total. The molecular formula is C10H5F4N5O3. The monoisotopic (exact) mass is 319 g/mol. The number of nitrogens with zero attached hydrogens (tertiary/aromatic N) is 3. The first-order chi connectivity index (χ1) is 10.2. The molecule has 116 valence electrons. The van der Waals surface area contributed by atoms with Crippen LogP contribution < -0.4 is 11.1 Å². The molecule has 8 nitrogen and oxygen atoms in total. The summed E-state index contributed by atoms with van der Waals surface area (Å²) >= 11 is 0. The number of amides is 1. The van der Waals surface area contributed by atoms with E-state index in [0.29, 0.717) is 0 Å². The molecule has 0 unspecified atom stereocenters. The molecule has 1 heterocycles. The van der Waals surface area contributed by atoms with Crippen molar-refractivity contribution in [2.75, 3.05) is 5.32 Å². The number of nitrogens with one attached hydrogen (secondary N) is 1. The number of benzene rings is 1. The van der Waals surface area contributed by atoms with Crippen LogP contribution in [0.2, 0.25) is 0 Å². The Morgan fingerprint density at radius 1 is 0.909 bits per heavy atom. The molecular weight excluding hydrogens is 314 g/mol. The second-order valence-electron chi connectivity index (χ2n) is 3.75. The summed E-state index contributed by atoms with van der Waals surface area (Å²) in [5.74, 6) is -10.5. The molecule has 2 aromatic rings. The van der Waals surface area contributed by atoms with Gasteiger partial charge < -0.3 is 21.3 Å². The number of hydrogen-bond donors (Lipinski definition) is 4. The largest absolute Gasteiger partial charge is 0.479 e. The molecule has 2 rings (SSSR count). The minimum atomic E-state index is -2.03. The van der Waals surface area contributed by atoms with Crippen LogP contribution in [0, 0.1) is 23.3 Å². The molecule has 0 aliphatic rings. The number of hydrogen-bond acceptors (Lipinski definition) is 7. The van der Waals surface area contributed by atoms with E-state index < -0.39 is 58.4 Å². The zero-order valence-electron chi connectivity index (χ0n) is 10.2. The van der Waals surface area contributed by atoms with Crippen LogP contribution >= 0.6 is 0 Å². The van der Waals surface area contributed by atoms with E-state index in [4.69, 9.17) is 10.2 Å². The van der Waals surface area contributed by atoms with Crippen molar-refractivity contribution in [2.24, 2.45) is 5.73 Å². The number of halogens is 4. The Morgan fingerprint density at radius 2 is 1.36 bits per heavy atom. The highest BCUT2D eigenvalue weighted by Crippen LogP contribution is 2.29. The summed E-state index contributed by atoms with van der Waals surface area (Å²) in [6.07, 6.45) is 0. The molecule has 0 aliphatic carbocycles. The van der Waals surface area contributed by atoms with Gasteiger partial charge in [0.25, 0.3) is 5.91 Å². The number of nitrogens with two attached hydrogens (primary N) is 1. The first-order valence-corrected chi connectivity index (χ1v) is 5.29. The number of rotatable bonds is 3. The van der Waals surface area contributed by atoms with E-state index in [1.54, 1.807) is 5.32 Å². The smallest absolute Gasteiger partial charge is 0.321 e. The molecule has 0 atom stereocenters. The predicted molar refractivity (Wildman–Crippen MR) is 61.2 cm³/mol. The summed E-state index contributed by atoms with van der Waals surface area (Å²) in [5, 5.41) is 19.7. The summed E-state index contributed by atoms with van der Waals surface area (Å²) in [5.41, 5.74) is 1.63. The zero-order chi connectivity index (χ0) is 16.6. The average Bonchev–Trinajstić information content (AvgIpc) is 2.40. The van der Waals surface area contributed by atoms with Crippen LogP contribution in [0.25, 0.3) is 0 Å². The maximum absolute atomic E-state index is 13.7. The van der Waals surface area contributed by atoms with Gasteiger partial charge in [-0.3, -0.25) is 4.79 Å². The molecule has 22 heavy (non-hydrogen) atoms. The Hall–Kier alpha value is -3.18. The second-order valence-corrected chi connectivity index (χ2v) is 3.75. The molecule has 1 aromatic heterocycles. The van der Waals surface area contributed by atoms with E-state index in [2.05, 4.69) is 20.7 Å². The normalized spacial score (nSPS) is 10.5. The Balaban J connectivity index is 2.59. The third-order valence-corrected chi connectivity index (χ3v) is 2.36. The van der Waals surface area contributed by atoms with Gasteiger partial charge in [0.15, 0.2) is 23.3 Å². The highest BCUT2D eigenvalue weighted by Gasteiger charge is 2.28. The lowest BCUT2D eigenvalue weighted by atomic mass is 10.1. The topological polar surface area (TPSA) is 134 Å². The van der Waals surface area contributed by atoms with E-state index in [0.717, 1.165) is 0 Å². The number of primary amides is 1. The van der Waals surface area contributed by atoms with Gasteiger partial charge >= 0.3 is 12.0 Å². The van der Waals surface area contributed by atoms with Gasteiger partial charge in [-0.2, -0.15) is 9.97 Å². The average molecular weight is 319 g/mol. The molecule has 0 fully saturated rings. The fourth-order valence-corrected chi connectivity index (χ4v) is 1.48. The van der Waals surface area contributed by atoms with Crippen molar-refractivity contribution in [1.82, 2.24) is 15.0 Å². The number of carbonyl (C=O) groups is 1. The lowest BCUT2D eigenvalue weighted by molar-refractivity contribution is 0.0990. The third-order valence-electron chi connectivity index (χ3n) is 2.36. The number of carbonyl (C=O) groups excluding carboxylic acids is 1. The third kappa shape index (κ3) is 2.53. The van der Waals surface area contributed by atoms with Gasteiger partial charge in [-0.05, 0) is 0 Å². The van der Waals surface area contributed by atoms with Crippen molar-refractivity contribution in [2.45, 2.75) is 0 Å². The van der Waals surface area contributed by atoms with Gasteiger partial charge in [0, 0.05) is 0 Å². The number of aromatic nitrogens is 3. The van der Waals surface area contributed by atoms with Gasteiger partial charge in [0.1, 0.15) is 11.3 Å². The fraction of sp³-hybridized carbons (Fsp3) is 0. The van der Waals surface area contributed by atoms with Crippen molar-refractivity contribution in [3.63, 3.8) is 0 Å². The Morgan fingerprint density at radius 3 is 1.77 bits per heavy atom. The molecule has 0 spiro atoms. The predicted octanol–water partition coefficient (Wildman–Crippen LogP) is 0.682. The van der Waals surface area contributed by atoms with E-state index in [9.17, 15) is 22.4 Å². The van der Waals surface area contributed by atoms with E-state index in [-0.39, 0.29) is 0 Å². The maximum atomic E-state index is 13.7. The molecule has 1 aromatic carbocycles. The van der Waals surface area contributed by atoms with Gasteiger partial charge in [0.2, 0.25) is 5.95 Å². The maximum Gasteiger partial charge on any atom is 0.321 e. The summed E-state index contributed by atoms with van der Waals surface area (Å²) in [7, 11) is 0. The van der Waals surface area contributed by atoms with Crippen LogP contribution in [0.3, 0.4) is 0 Å². The summed E-state index contributed by atoms with van der Waals surface area (Å²) in [4.78, 5) is 20.0. The second kappa shape index (κ2) is 5.31. The Labute approximate surface area is 118 Å². The summed E-state index contributed by atoms with van der Waals surface area (Å²) < 4.78 is 54.5. The van der Waals surface area contributed by atoms with Crippen LogP contribution in [0.5, 0.6) is 12.0 Å². The van der Waals surface area contributed by atoms with Gasteiger partial charge in [-0.25, -0.2) is 17.6 Å². The highest BCUT2D eigenvalue weighted by atomic mass is 19.2. The molecule has 0 bridgehead atoms. The first-order valence-electron chi connectivity index (χ1n) is 5.29. The fourth-order valence-electron chi connectivity index (χ4n) is 1.48. The lowest BCUT2D eigenvalue weighted by Crippen LogP contribution is -2.19. The lowest BCUT2D eigenvalue weighted by Gasteiger charge is -2.11. The molecule has 0 radical (unpaired) electrons. The molecule has 12 heteroatoms. The van der Waals surface area contributed by atoms with E-state index >= 15 is 0 Å². The standard InChI is InChI=1S/C10H5F4N5O3/c11-2-1(7(15)20)3(12)5(14)6(4(2)13)16-8-17-9(21)19-10(22)18-8/h(H2,15,20)(H3,16,17,18,19,21,22). The quantitative estimate of drug-likeness (QED) is 0.483. The van der Waals surface area contributed by atoms with Gasteiger partial charge in [0.05, 0.1) is 0 Å². The molecule has 1 amide bonds. The SMILES string of the molecule is NC(=O)c1c(F)c(F)c(Nc2nc(O)nc(O)n2)c(F)c1F. The molecule has 0 saturated carbocycles. The van der Waals surface area contributed by atoms with Gasteiger partial charge in [-0.1, -0.05) is 0 Å². The van der Waals surface area contributed by atoms with E-state index in [1.165, 1.54) is 0 Å².